The molecule has 0 radical (unpaired) electrons. The van der Waals surface area contributed by atoms with Gasteiger partial charge in [-0.2, -0.15) is 0 Å². The molecule has 116 valence electrons. The monoisotopic (exact) mass is 371 g/mol. The Morgan fingerprint density at radius 3 is 2.81 bits per heavy atom. The minimum atomic E-state index is -0.108. The zero-order valence-electron chi connectivity index (χ0n) is 12.8. The zero-order valence-corrected chi connectivity index (χ0v) is 15.2. The van der Waals surface area contributed by atoms with Gasteiger partial charge in [-0.1, -0.05) is 27.2 Å². The zero-order chi connectivity index (χ0) is 15.7. The van der Waals surface area contributed by atoms with Crippen LogP contribution in [0.3, 0.4) is 0 Å². The molecule has 0 atom stereocenters. The third-order valence-electron chi connectivity index (χ3n) is 2.79. The summed E-state index contributed by atoms with van der Waals surface area (Å²) in [5.41, 5.74) is 0. The number of hydrogen-bond donors (Lipinski definition) is 0. The number of aromatic nitrogens is 1. The molecular formula is C16H22BrNO2S. The number of halogens is 1. The summed E-state index contributed by atoms with van der Waals surface area (Å²) in [6, 6.07) is 2.12. The molecule has 0 N–H and O–H groups in total. The van der Waals surface area contributed by atoms with Gasteiger partial charge < -0.3 is 4.74 Å². The minimum absolute atomic E-state index is 0.108. The van der Waals surface area contributed by atoms with E-state index in [4.69, 9.17) is 4.74 Å². The lowest BCUT2D eigenvalue weighted by Crippen LogP contribution is -2.06. The summed E-state index contributed by atoms with van der Waals surface area (Å²) in [4.78, 5) is 16.9. The van der Waals surface area contributed by atoms with E-state index in [9.17, 15) is 4.79 Å². The smallest absolute Gasteiger partial charge is 0.306 e. The van der Waals surface area contributed by atoms with E-state index in [1.807, 2.05) is 20.0 Å². The number of esters is 1. The molecule has 0 unspecified atom stereocenters. The fourth-order valence-corrected chi connectivity index (χ4v) is 3.36. The number of nitrogens with zero attached hydrogens (tertiary/aromatic N) is 1. The molecule has 0 aliphatic heterocycles. The van der Waals surface area contributed by atoms with Crippen molar-refractivity contribution in [3.63, 3.8) is 0 Å². The maximum Gasteiger partial charge on any atom is 0.306 e. The Bertz CT molecular complexity index is 568. The van der Waals surface area contributed by atoms with Crippen LogP contribution in [-0.2, 0) is 16.0 Å². The highest BCUT2D eigenvalue weighted by Gasteiger charge is 2.08. The molecule has 0 aliphatic carbocycles. The quantitative estimate of drug-likeness (QED) is 0.506. The average molecular weight is 372 g/mol. The Kier molecular flexibility index (Phi) is 8.54. The Morgan fingerprint density at radius 1 is 1.38 bits per heavy atom. The van der Waals surface area contributed by atoms with E-state index in [0.717, 1.165) is 33.8 Å². The fraction of sp³-hybridized carbons (Fsp3) is 0.500. The van der Waals surface area contributed by atoms with E-state index >= 15 is 0 Å². The summed E-state index contributed by atoms with van der Waals surface area (Å²) in [6.07, 6.45) is 6.81. The van der Waals surface area contributed by atoms with Crippen molar-refractivity contribution in [2.45, 2.75) is 46.5 Å². The normalized spacial score (nSPS) is 10.1. The van der Waals surface area contributed by atoms with Crippen LogP contribution in [0.2, 0.25) is 0 Å². The number of thiophene rings is 1. The molecule has 0 amide bonds. The number of rotatable bonds is 6. The van der Waals surface area contributed by atoms with E-state index in [1.54, 1.807) is 17.5 Å². The van der Waals surface area contributed by atoms with Gasteiger partial charge in [0.15, 0.2) is 0 Å². The molecule has 0 spiro atoms. The summed E-state index contributed by atoms with van der Waals surface area (Å²) in [5.74, 6) is -0.108. The first-order valence-corrected chi connectivity index (χ1v) is 8.99. The summed E-state index contributed by atoms with van der Waals surface area (Å²) in [6.45, 7) is 6.62. The van der Waals surface area contributed by atoms with Crippen LogP contribution in [0.1, 0.15) is 44.9 Å². The predicted octanol–water partition coefficient (Wildman–Crippen LogP) is 5.36. The van der Waals surface area contributed by atoms with Gasteiger partial charge in [0.1, 0.15) is 0 Å². The first kappa shape index (κ1) is 18.1. The van der Waals surface area contributed by atoms with Gasteiger partial charge in [-0.05, 0) is 34.8 Å². The summed E-state index contributed by atoms with van der Waals surface area (Å²) >= 11 is 5.17. The van der Waals surface area contributed by atoms with Crippen molar-refractivity contribution in [3.05, 3.63) is 27.8 Å². The molecule has 0 saturated carbocycles. The molecule has 2 heterocycles. The number of fused-ring (bicyclic) bond motifs is 1. The minimum Gasteiger partial charge on any atom is -0.466 e. The van der Waals surface area contributed by atoms with Gasteiger partial charge in [-0.25, -0.2) is 0 Å². The predicted molar refractivity (Wildman–Crippen MR) is 92.9 cm³/mol. The van der Waals surface area contributed by atoms with Gasteiger partial charge in [0.25, 0.3) is 0 Å². The number of aryl methyl sites for hydroxylation is 1. The van der Waals surface area contributed by atoms with Crippen molar-refractivity contribution >= 4 is 43.3 Å². The number of carbonyl (C=O) groups excluding carboxylic acids is 1. The molecule has 0 saturated heterocycles. The van der Waals surface area contributed by atoms with Gasteiger partial charge in [-0.3, -0.25) is 9.78 Å². The standard InChI is InChI=1S/C14H16BrNO2S.C2H6/c1-2-3-6-18-14(17)5-4-10-7-11-12(15)8-16-9-13(11)19-10;1-2/h7-9H,2-6H2,1H3;1-2H3. The van der Waals surface area contributed by atoms with Crippen LogP contribution < -0.4 is 0 Å². The van der Waals surface area contributed by atoms with E-state index in [2.05, 4.69) is 33.9 Å². The van der Waals surface area contributed by atoms with Crippen molar-refractivity contribution < 1.29 is 9.53 Å². The molecule has 5 heteroatoms. The van der Waals surface area contributed by atoms with Gasteiger partial charge >= 0.3 is 5.97 Å². The van der Waals surface area contributed by atoms with Crippen LogP contribution in [0.15, 0.2) is 22.9 Å². The number of hydrogen-bond acceptors (Lipinski definition) is 4. The van der Waals surface area contributed by atoms with Crippen molar-refractivity contribution in [1.82, 2.24) is 4.98 Å². The van der Waals surface area contributed by atoms with Crippen molar-refractivity contribution in [2.75, 3.05) is 6.61 Å². The molecule has 2 aromatic rings. The van der Waals surface area contributed by atoms with E-state index in [0.29, 0.717) is 13.0 Å². The highest BCUT2D eigenvalue weighted by Crippen LogP contribution is 2.30. The van der Waals surface area contributed by atoms with Gasteiger partial charge in [0.2, 0.25) is 0 Å². The first-order chi connectivity index (χ1) is 10.2. The third kappa shape index (κ3) is 5.75. The van der Waals surface area contributed by atoms with Crippen molar-refractivity contribution in [3.8, 4) is 0 Å². The molecule has 3 nitrogen and oxygen atoms in total. The molecule has 2 rings (SSSR count). The lowest BCUT2D eigenvalue weighted by atomic mass is 10.2. The highest BCUT2D eigenvalue weighted by molar-refractivity contribution is 9.10. The van der Waals surface area contributed by atoms with Crippen molar-refractivity contribution in [1.29, 1.82) is 0 Å². The Hall–Kier alpha value is -0.940. The van der Waals surface area contributed by atoms with Crippen LogP contribution in [0.5, 0.6) is 0 Å². The van der Waals surface area contributed by atoms with E-state index in [1.165, 1.54) is 4.88 Å². The first-order valence-electron chi connectivity index (χ1n) is 7.38. The molecule has 0 fully saturated rings. The van der Waals surface area contributed by atoms with Crippen LogP contribution in [0.25, 0.3) is 10.1 Å². The maximum absolute atomic E-state index is 11.5. The molecule has 21 heavy (non-hydrogen) atoms. The summed E-state index contributed by atoms with van der Waals surface area (Å²) in [5, 5.41) is 1.16. The van der Waals surface area contributed by atoms with Gasteiger partial charge in [0, 0.05) is 27.1 Å². The van der Waals surface area contributed by atoms with Gasteiger partial charge in [0.05, 0.1) is 17.7 Å². The molecular weight excluding hydrogens is 350 g/mol. The van der Waals surface area contributed by atoms with E-state index in [-0.39, 0.29) is 5.97 Å². The molecule has 0 aromatic carbocycles. The second-order valence-electron chi connectivity index (χ2n) is 4.32. The molecule has 2 aromatic heterocycles. The maximum atomic E-state index is 11.5. The Labute approximate surface area is 138 Å². The second-order valence-corrected chi connectivity index (χ2v) is 6.34. The highest BCUT2D eigenvalue weighted by atomic mass is 79.9. The van der Waals surface area contributed by atoms with E-state index < -0.39 is 0 Å². The lowest BCUT2D eigenvalue weighted by molar-refractivity contribution is -0.143. The van der Waals surface area contributed by atoms with Crippen LogP contribution in [0.4, 0.5) is 0 Å². The largest absolute Gasteiger partial charge is 0.466 e. The second kappa shape index (κ2) is 9.90. The topological polar surface area (TPSA) is 39.2 Å². The van der Waals surface area contributed by atoms with Crippen LogP contribution in [-0.4, -0.2) is 17.6 Å². The number of ether oxygens (including phenoxy) is 1. The van der Waals surface area contributed by atoms with Crippen molar-refractivity contribution in [2.24, 2.45) is 0 Å². The molecule has 0 aliphatic rings. The lowest BCUT2D eigenvalue weighted by Gasteiger charge is -2.02. The fourth-order valence-electron chi connectivity index (χ4n) is 1.73. The number of unbranched alkanes of at least 4 members (excludes halogenated alkanes) is 1. The SMILES string of the molecule is CC.CCCCOC(=O)CCc1cc2c(Br)cncc2s1. The number of pyridine rings is 1. The van der Waals surface area contributed by atoms with Gasteiger partial charge in [-0.15, -0.1) is 11.3 Å². The average Bonchev–Trinajstić information content (AvgIpc) is 2.92. The van der Waals surface area contributed by atoms with Crippen LogP contribution >= 0.6 is 27.3 Å². The number of carbonyl (C=O) groups is 1. The Balaban J connectivity index is 0.00000106. The third-order valence-corrected chi connectivity index (χ3v) is 4.55. The van der Waals surface area contributed by atoms with Crippen LogP contribution in [0, 0.1) is 0 Å². The summed E-state index contributed by atoms with van der Waals surface area (Å²) in [7, 11) is 0. The molecule has 0 bridgehead atoms. The summed E-state index contributed by atoms with van der Waals surface area (Å²) < 4.78 is 7.29. The Morgan fingerprint density at radius 2 is 2.14 bits per heavy atom.